The van der Waals surface area contributed by atoms with E-state index in [0.29, 0.717) is 18.4 Å². The number of rotatable bonds is 4. The molecular formula is C10H14N6S. The van der Waals surface area contributed by atoms with E-state index in [1.807, 2.05) is 19.5 Å². The highest BCUT2D eigenvalue weighted by molar-refractivity contribution is 7.07. The molecule has 0 aliphatic carbocycles. The zero-order valence-corrected chi connectivity index (χ0v) is 10.5. The molecule has 0 unspecified atom stereocenters. The topological polar surface area (TPSA) is 80.0 Å². The van der Waals surface area contributed by atoms with Gasteiger partial charge in [0.1, 0.15) is 0 Å². The molecule has 0 atom stereocenters. The Morgan fingerprint density at radius 3 is 2.82 bits per heavy atom. The normalized spacial score (nSPS) is 10.2. The Kier molecular flexibility index (Phi) is 3.38. The number of aromatic nitrogens is 3. The Balaban J connectivity index is 2.10. The smallest absolute Gasteiger partial charge is 0.231 e. The zero-order valence-electron chi connectivity index (χ0n) is 9.71. The molecule has 2 rings (SSSR count). The Bertz CT molecular complexity index is 482. The molecule has 0 spiro atoms. The van der Waals surface area contributed by atoms with E-state index >= 15 is 0 Å². The van der Waals surface area contributed by atoms with Crippen LogP contribution in [0.4, 0.5) is 17.8 Å². The summed E-state index contributed by atoms with van der Waals surface area (Å²) in [5.74, 6) is 1.26. The number of hydrogen-bond acceptors (Lipinski definition) is 7. The first kappa shape index (κ1) is 11.6. The molecule has 0 bridgehead atoms. The summed E-state index contributed by atoms with van der Waals surface area (Å²) in [4.78, 5) is 14.1. The molecule has 17 heavy (non-hydrogen) atoms. The highest BCUT2D eigenvalue weighted by Gasteiger charge is 2.05. The molecule has 0 aliphatic heterocycles. The number of nitrogens with one attached hydrogen (secondary N) is 1. The second kappa shape index (κ2) is 4.96. The lowest BCUT2D eigenvalue weighted by molar-refractivity contribution is 0.951. The number of nitrogen functional groups attached to an aromatic ring is 1. The second-order valence-electron chi connectivity index (χ2n) is 3.70. The quantitative estimate of drug-likeness (QED) is 0.848. The predicted molar refractivity (Wildman–Crippen MR) is 70.2 cm³/mol. The molecule has 2 aromatic heterocycles. The van der Waals surface area contributed by atoms with Crippen molar-refractivity contribution in [2.45, 2.75) is 6.54 Å². The summed E-state index contributed by atoms with van der Waals surface area (Å²) in [7, 11) is 3.72. The van der Waals surface area contributed by atoms with Gasteiger partial charge in [-0.3, -0.25) is 0 Å². The van der Waals surface area contributed by atoms with Crippen LogP contribution in [0.5, 0.6) is 0 Å². The summed E-state index contributed by atoms with van der Waals surface area (Å²) >= 11 is 1.66. The Labute approximate surface area is 104 Å². The van der Waals surface area contributed by atoms with Crippen LogP contribution in [0.1, 0.15) is 5.56 Å². The SMILES string of the molecule is CN(C)c1nc(N)nc(NCc2ccsc2)n1. The molecule has 0 fully saturated rings. The van der Waals surface area contributed by atoms with E-state index in [9.17, 15) is 0 Å². The maximum atomic E-state index is 5.62. The van der Waals surface area contributed by atoms with Crippen LogP contribution in [0.15, 0.2) is 16.8 Å². The number of hydrogen-bond donors (Lipinski definition) is 2. The minimum Gasteiger partial charge on any atom is -0.368 e. The lowest BCUT2D eigenvalue weighted by Gasteiger charge is -2.11. The van der Waals surface area contributed by atoms with Gasteiger partial charge in [-0.05, 0) is 22.4 Å². The van der Waals surface area contributed by atoms with Crippen molar-refractivity contribution in [2.75, 3.05) is 30.0 Å². The van der Waals surface area contributed by atoms with Crippen molar-refractivity contribution in [3.63, 3.8) is 0 Å². The number of thiophene rings is 1. The van der Waals surface area contributed by atoms with E-state index in [4.69, 9.17) is 5.73 Å². The van der Waals surface area contributed by atoms with Crippen LogP contribution < -0.4 is 16.0 Å². The molecular weight excluding hydrogens is 236 g/mol. The lowest BCUT2D eigenvalue weighted by Crippen LogP contribution is -2.16. The molecule has 3 N–H and O–H groups in total. The number of nitrogens with zero attached hydrogens (tertiary/aromatic N) is 4. The Hall–Kier alpha value is -1.89. The van der Waals surface area contributed by atoms with Gasteiger partial charge in [0.15, 0.2) is 0 Å². The average Bonchev–Trinajstić information content (AvgIpc) is 2.78. The molecule has 0 aromatic carbocycles. The fourth-order valence-corrected chi connectivity index (χ4v) is 1.90. The molecule has 6 nitrogen and oxygen atoms in total. The third-order valence-corrected chi connectivity index (χ3v) is 2.80. The van der Waals surface area contributed by atoms with Gasteiger partial charge in [-0.15, -0.1) is 0 Å². The van der Waals surface area contributed by atoms with Crippen LogP contribution in [0.25, 0.3) is 0 Å². The molecule has 0 radical (unpaired) electrons. The van der Waals surface area contributed by atoms with Crippen molar-refractivity contribution in [1.82, 2.24) is 15.0 Å². The van der Waals surface area contributed by atoms with Crippen LogP contribution in [-0.2, 0) is 6.54 Å². The van der Waals surface area contributed by atoms with Crippen LogP contribution in [0, 0.1) is 0 Å². The van der Waals surface area contributed by atoms with Gasteiger partial charge in [-0.2, -0.15) is 26.3 Å². The van der Waals surface area contributed by atoms with E-state index in [1.54, 1.807) is 16.2 Å². The van der Waals surface area contributed by atoms with Gasteiger partial charge < -0.3 is 16.0 Å². The standard InChI is InChI=1S/C10H14N6S/c1-16(2)10-14-8(11)13-9(15-10)12-5-7-3-4-17-6-7/h3-4,6H,5H2,1-2H3,(H3,11,12,13,14,15). The maximum absolute atomic E-state index is 5.62. The highest BCUT2D eigenvalue weighted by atomic mass is 32.1. The fraction of sp³-hybridized carbons (Fsp3) is 0.300. The molecule has 0 amide bonds. The number of anilines is 3. The van der Waals surface area contributed by atoms with Crippen LogP contribution in [0.2, 0.25) is 0 Å². The summed E-state index contributed by atoms with van der Waals surface area (Å²) in [6.07, 6.45) is 0. The monoisotopic (exact) mass is 250 g/mol. The Morgan fingerprint density at radius 1 is 1.35 bits per heavy atom. The molecule has 7 heteroatoms. The largest absolute Gasteiger partial charge is 0.368 e. The number of nitrogens with two attached hydrogens (primary N) is 1. The molecule has 2 aromatic rings. The molecule has 0 aliphatic rings. The van der Waals surface area contributed by atoms with Crippen LogP contribution >= 0.6 is 11.3 Å². The summed E-state index contributed by atoms with van der Waals surface area (Å²) in [5.41, 5.74) is 6.81. The van der Waals surface area contributed by atoms with E-state index in [2.05, 4.69) is 31.7 Å². The summed E-state index contributed by atoms with van der Waals surface area (Å²) in [6.45, 7) is 0.680. The van der Waals surface area contributed by atoms with Crippen molar-refractivity contribution < 1.29 is 0 Å². The maximum Gasteiger partial charge on any atom is 0.231 e. The second-order valence-corrected chi connectivity index (χ2v) is 4.48. The first-order chi connectivity index (χ1) is 8.15. The first-order valence-corrected chi connectivity index (χ1v) is 6.03. The van der Waals surface area contributed by atoms with Gasteiger partial charge in [0, 0.05) is 20.6 Å². The highest BCUT2D eigenvalue weighted by Crippen LogP contribution is 2.11. The van der Waals surface area contributed by atoms with Crippen molar-refractivity contribution in [1.29, 1.82) is 0 Å². The molecule has 0 saturated carbocycles. The van der Waals surface area contributed by atoms with Crippen molar-refractivity contribution in [3.05, 3.63) is 22.4 Å². The first-order valence-electron chi connectivity index (χ1n) is 5.09. The lowest BCUT2D eigenvalue weighted by atomic mass is 10.3. The third kappa shape index (κ3) is 3.04. The summed E-state index contributed by atoms with van der Waals surface area (Å²) in [5, 5.41) is 7.23. The summed E-state index contributed by atoms with van der Waals surface area (Å²) in [6, 6.07) is 2.05. The van der Waals surface area contributed by atoms with Gasteiger partial charge in [-0.25, -0.2) is 0 Å². The van der Waals surface area contributed by atoms with E-state index in [-0.39, 0.29) is 5.95 Å². The zero-order chi connectivity index (χ0) is 12.3. The molecule has 2 heterocycles. The fourth-order valence-electron chi connectivity index (χ4n) is 1.23. The minimum absolute atomic E-state index is 0.219. The van der Waals surface area contributed by atoms with Gasteiger partial charge in [-0.1, -0.05) is 0 Å². The van der Waals surface area contributed by atoms with Crippen LogP contribution in [0.3, 0.4) is 0 Å². The van der Waals surface area contributed by atoms with Crippen molar-refractivity contribution in [3.8, 4) is 0 Å². The van der Waals surface area contributed by atoms with E-state index in [0.717, 1.165) is 0 Å². The average molecular weight is 250 g/mol. The summed E-state index contributed by atoms with van der Waals surface area (Å²) < 4.78 is 0. The van der Waals surface area contributed by atoms with Gasteiger partial charge >= 0.3 is 0 Å². The third-order valence-electron chi connectivity index (χ3n) is 2.07. The van der Waals surface area contributed by atoms with E-state index < -0.39 is 0 Å². The molecule has 0 saturated heterocycles. The van der Waals surface area contributed by atoms with Gasteiger partial charge in [0.05, 0.1) is 0 Å². The predicted octanol–water partition coefficient (Wildman–Crippen LogP) is 1.19. The van der Waals surface area contributed by atoms with Gasteiger partial charge in [0.25, 0.3) is 0 Å². The van der Waals surface area contributed by atoms with Gasteiger partial charge in [0.2, 0.25) is 17.8 Å². The van der Waals surface area contributed by atoms with Crippen molar-refractivity contribution in [2.24, 2.45) is 0 Å². The van der Waals surface area contributed by atoms with Crippen LogP contribution in [-0.4, -0.2) is 29.0 Å². The van der Waals surface area contributed by atoms with Crippen molar-refractivity contribution >= 4 is 29.2 Å². The van der Waals surface area contributed by atoms with E-state index in [1.165, 1.54) is 5.56 Å². The Morgan fingerprint density at radius 2 is 2.18 bits per heavy atom. The minimum atomic E-state index is 0.219. The molecule has 90 valence electrons.